The summed E-state index contributed by atoms with van der Waals surface area (Å²) < 4.78 is 0. The van der Waals surface area contributed by atoms with Gasteiger partial charge in [-0.05, 0) is 11.6 Å². The maximum Gasteiger partial charge on any atom is 0.270 e. The predicted molar refractivity (Wildman–Crippen MR) is 104 cm³/mol. The molecule has 0 unspecified atom stereocenters. The van der Waals surface area contributed by atoms with E-state index in [1.807, 2.05) is 36.4 Å². The number of benzene rings is 2. The Labute approximate surface area is 159 Å². The van der Waals surface area contributed by atoms with Crippen molar-refractivity contribution in [3.05, 3.63) is 69.8 Å². The average Bonchev–Trinajstić information content (AvgIpc) is 2.66. The highest BCUT2D eigenvalue weighted by Gasteiger charge is 2.20. The van der Waals surface area contributed by atoms with Crippen LogP contribution in [-0.4, -0.2) is 14.9 Å². The molecule has 8 nitrogen and oxygen atoms in total. The zero-order valence-corrected chi connectivity index (χ0v) is 14.8. The van der Waals surface area contributed by atoms with Crippen molar-refractivity contribution >= 4 is 29.2 Å². The van der Waals surface area contributed by atoms with Crippen LogP contribution in [0, 0.1) is 21.4 Å². The molecule has 0 aliphatic rings. The Morgan fingerprint density at radius 1 is 1.15 bits per heavy atom. The topological polar surface area (TPSA) is 145 Å². The van der Waals surface area contributed by atoms with Crippen LogP contribution in [0.1, 0.15) is 11.1 Å². The van der Waals surface area contributed by atoms with Gasteiger partial charge in [0.25, 0.3) is 5.69 Å². The Morgan fingerprint density at radius 2 is 1.89 bits per heavy atom. The van der Waals surface area contributed by atoms with E-state index in [0.717, 1.165) is 10.5 Å². The van der Waals surface area contributed by atoms with E-state index in [1.165, 1.54) is 23.9 Å². The zero-order chi connectivity index (χ0) is 19.4. The fourth-order valence-electron chi connectivity index (χ4n) is 2.48. The Hall–Kier alpha value is -3.64. The van der Waals surface area contributed by atoms with Crippen LogP contribution in [0.15, 0.2) is 53.4 Å². The molecule has 1 aromatic heterocycles. The van der Waals surface area contributed by atoms with Crippen LogP contribution in [-0.2, 0) is 5.75 Å². The molecule has 0 saturated carbocycles. The fourth-order valence-corrected chi connectivity index (χ4v) is 3.47. The second kappa shape index (κ2) is 7.72. The number of nitro groups is 1. The second-order valence-corrected chi connectivity index (χ2v) is 6.53. The Balaban J connectivity index is 2.11. The summed E-state index contributed by atoms with van der Waals surface area (Å²) >= 11 is 1.47. The van der Waals surface area contributed by atoms with E-state index in [2.05, 4.69) is 9.97 Å². The lowest BCUT2D eigenvalue weighted by Gasteiger charge is -2.11. The molecule has 27 heavy (non-hydrogen) atoms. The van der Waals surface area contributed by atoms with Crippen LogP contribution in [0.2, 0.25) is 0 Å². The Morgan fingerprint density at radius 3 is 2.56 bits per heavy atom. The standard InChI is InChI=1S/C18H14N6O2S/c19-9-14-16(22-18(21)23-17(14)20)13-8-12(24(25)26)6-7-15(13)27-10-11-4-2-1-3-5-11/h1-8H,10H2,(H4,20,21,22,23). The van der Waals surface area contributed by atoms with Crippen molar-refractivity contribution in [1.82, 2.24) is 9.97 Å². The van der Waals surface area contributed by atoms with Gasteiger partial charge in [0.1, 0.15) is 17.5 Å². The smallest absolute Gasteiger partial charge is 0.270 e. The van der Waals surface area contributed by atoms with Crippen molar-refractivity contribution in [2.24, 2.45) is 0 Å². The van der Waals surface area contributed by atoms with Gasteiger partial charge in [-0.1, -0.05) is 30.3 Å². The number of nitro benzene ring substituents is 1. The van der Waals surface area contributed by atoms with E-state index < -0.39 is 4.92 Å². The number of nitrogen functional groups attached to an aromatic ring is 2. The number of nitrogens with two attached hydrogens (primary N) is 2. The average molecular weight is 378 g/mol. The van der Waals surface area contributed by atoms with Gasteiger partial charge in [-0.25, -0.2) is 4.98 Å². The lowest BCUT2D eigenvalue weighted by molar-refractivity contribution is -0.384. The highest BCUT2D eigenvalue weighted by atomic mass is 32.2. The van der Waals surface area contributed by atoms with Gasteiger partial charge in [-0.2, -0.15) is 10.2 Å². The van der Waals surface area contributed by atoms with Crippen molar-refractivity contribution in [2.45, 2.75) is 10.6 Å². The minimum Gasteiger partial charge on any atom is -0.382 e. The van der Waals surface area contributed by atoms with Crippen molar-refractivity contribution in [1.29, 1.82) is 5.26 Å². The van der Waals surface area contributed by atoms with E-state index >= 15 is 0 Å². The van der Waals surface area contributed by atoms with Crippen LogP contribution in [0.3, 0.4) is 0 Å². The number of nitriles is 1. The minimum atomic E-state index is -0.505. The van der Waals surface area contributed by atoms with Gasteiger partial charge in [0.15, 0.2) is 0 Å². The third-order valence-electron chi connectivity index (χ3n) is 3.73. The lowest BCUT2D eigenvalue weighted by Crippen LogP contribution is -2.05. The molecule has 9 heteroatoms. The monoisotopic (exact) mass is 378 g/mol. The first-order valence-electron chi connectivity index (χ1n) is 7.78. The Bertz CT molecular complexity index is 1050. The third kappa shape index (κ3) is 3.96. The second-order valence-electron chi connectivity index (χ2n) is 5.51. The van der Waals surface area contributed by atoms with Crippen LogP contribution >= 0.6 is 11.8 Å². The fraction of sp³-hybridized carbons (Fsp3) is 0.0556. The van der Waals surface area contributed by atoms with Crippen molar-refractivity contribution in [3.8, 4) is 17.3 Å². The molecular formula is C18H14N6O2S. The molecule has 0 fully saturated rings. The molecule has 4 N–H and O–H groups in total. The number of thioether (sulfide) groups is 1. The lowest BCUT2D eigenvalue weighted by atomic mass is 10.1. The first kappa shape index (κ1) is 18.2. The molecule has 0 saturated heterocycles. The normalized spacial score (nSPS) is 10.3. The molecule has 0 aliphatic carbocycles. The van der Waals surface area contributed by atoms with Gasteiger partial charge >= 0.3 is 0 Å². The number of anilines is 2. The Kier molecular flexibility index (Phi) is 5.19. The van der Waals surface area contributed by atoms with Crippen LogP contribution in [0.5, 0.6) is 0 Å². The first-order chi connectivity index (χ1) is 13.0. The number of non-ortho nitro benzene ring substituents is 1. The summed E-state index contributed by atoms with van der Waals surface area (Å²) in [5.41, 5.74) is 13.1. The minimum absolute atomic E-state index is 0.0336. The van der Waals surface area contributed by atoms with Gasteiger partial charge in [0.2, 0.25) is 5.95 Å². The van der Waals surface area contributed by atoms with E-state index in [4.69, 9.17) is 11.5 Å². The molecule has 0 spiro atoms. The third-order valence-corrected chi connectivity index (χ3v) is 4.88. The highest BCUT2D eigenvalue weighted by molar-refractivity contribution is 7.98. The van der Waals surface area contributed by atoms with E-state index in [0.29, 0.717) is 11.3 Å². The summed E-state index contributed by atoms with van der Waals surface area (Å²) in [4.78, 5) is 19.3. The summed E-state index contributed by atoms with van der Waals surface area (Å²) in [6.07, 6.45) is 0. The number of hydrogen-bond donors (Lipinski definition) is 2. The first-order valence-corrected chi connectivity index (χ1v) is 8.76. The highest BCUT2D eigenvalue weighted by Crippen LogP contribution is 2.37. The van der Waals surface area contributed by atoms with Gasteiger partial charge in [-0.3, -0.25) is 10.1 Å². The van der Waals surface area contributed by atoms with Crippen LogP contribution < -0.4 is 11.5 Å². The van der Waals surface area contributed by atoms with Crippen LogP contribution in [0.25, 0.3) is 11.3 Å². The number of aromatic nitrogens is 2. The molecule has 0 amide bonds. The summed E-state index contributed by atoms with van der Waals surface area (Å²) in [6.45, 7) is 0. The molecule has 1 heterocycles. The molecule has 0 aliphatic heterocycles. The molecule has 0 bridgehead atoms. The van der Waals surface area contributed by atoms with E-state index in [-0.39, 0.29) is 28.7 Å². The van der Waals surface area contributed by atoms with Crippen LogP contribution in [0.4, 0.5) is 17.5 Å². The molecule has 0 radical (unpaired) electrons. The number of rotatable bonds is 5. The van der Waals surface area contributed by atoms with E-state index in [9.17, 15) is 15.4 Å². The molecule has 0 atom stereocenters. The molecule has 2 aromatic carbocycles. The van der Waals surface area contributed by atoms with E-state index in [1.54, 1.807) is 6.07 Å². The molecule has 3 rings (SSSR count). The van der Waals surface area contributed by atoms with Crippen molar-refractivity contribution in [2.75, 3.05) is 11.5 Å². The maximum atomic E-state index is 11.2. The largest absolute Gasteiger partial charge is 0.382 e. The summed E-state index contributed by atoms with van der Waals surface area (Å²) in [6, 6.07) is 16.1. The van der Waals surface area contributed by atoms with Gasteiger partial charge < -0.3 is 11.5 Å². The maximum absolute atomic E-state index is 11.2. The summed E-state index contributed by atoms with van der Waals surface area (Å²) in [7, 11) is 0. The summed E-state index contributed by atoms with van der Waals surface area (Å²) in [5, 5.41) is 20.7. The SMILES string of the molecule is N#Cc1c(N)nc(N)nc1-c1cc([N+](=O)[O-])ccc1SCc1ccccc1. The van der Waals surface area contributed by atoms with Gasteiger partial charge in [0.05, 0.1) is 10.6 Å². The van der Waals surface area contributed by atoms with Gasteiger partial charge in [-0.15, -0.1) is 11.8 Å². The number of hydrogen-bond acceptors (Lipinski definition) is 8. The zero-order valence-electron chi connectivity index (χ0n) is 14.0. The van der Waals surface area contributed by atoms with Gasteiger partial charge in [0, 0.05) is 28.3 Å². The van der Waals surface area contributed by atoms with Crippen molar-refractivity contribution in [3.63, 3.8) is 0 Å². The number of nitrogens with zero attached hydrogens (tertiary/aromatic N) is 4. The van der Waals surface area contributed by atoms with Crippen molar-refractivity contribution < 1.29 is 4.92 Å². The molecule has 134 valence electrons. The molecular weight excluding hydrogens is 364 g/mol. The quantitative estimate of drug-likeness (QED) is 0.390. The predicted octanol–water partition coefficient (Wildman–Crippen LogP) is 3.38. The molecule has 3 aromatic rings. The summed E-state index contributed by atoms with van der Waals surface area (Å²) in [5.74, 6) is 0.473.